The molecule has 2 aliphatic heterocycles. The summed E-state index contributed by atoms with van der Waals surface area (Å²) >= 11 is 0. The molecule has 0 aromatic heterocycles. The number of hydrogen-bond acceptors (Lipinski definition) is 6. The Bertz CT molecular complexity index is 1130. The van der Waals surface area contributed by atoms with Gasteiger partial charge in [-0.2, -0.15) is 0 Å². The van der Waals surface area contributed by atoms with Crippen LogP contribution in [0.3, 0.4) is 0 Å². The van der Waals surface area contributed by atoms with Gasteiger partial charge in [0.15, 0.2) is 0 Å². The fraction of sp³-hybridized carbons (Fsp3) is 0.150. The van der Waals surface area contributed by atoms with Crippen LogP contribution in [0, 0.1) is 6.92 Å². The Hall–Kier alpha value is -3.81. The molecule has 2 aliphatic rings. The molecule has 0 aliphatic carbocycles. The number of ether oxygens (including phenoxy) is 1. The standard InChI is InChI=1S/C20H14N2O6/c1-9-14(7-6-12-15(9)19(26)22(3)17(12)24)28-20(27)10-4-5-11-13(8-10)18(25)21(2)16(11)23/h4-8H,1-3H3. The number of carbonyl (C=O) groups is 5. The second-order valence-electron chi connectivity index (χ2n) is 6.60. The van der Waals surface area contributed by atoms with Crippen LogP contribution in [-0.2, 0) is 0 Å². The van der Waals surface area contributed by atoms with Gasteiger partial charge in [-0.1, -0.05) is 0 Å². The molecule has 2 aromatic rings. The van der Waals surface area contributed by atoms with Gasteiger partial charge in [0, 0.05) is 19.7 Å². The van der Waals surface area contributed by atoms with Gasteiger partial charge in [0.2, 0.25) is 0 Å². The van der Waals surface area contributed by atoms with Gasteiger partial charge in [-0.25, -0.2) is 4.79 Å². The molecule has 28 heavy (non-hydrogen) atoms. The summed E-state index contributed by atoms with van der Waals surface area (Å²) in [5.41, 5.74) is 1.29. The number of rotatable bonds is 2. The first-order valence-corrected chi connectivity index (χ1v) is 8.37. The van der Waals surface area contributed by atoms with Gasteiger partial charge in [-0.15, -0.1) is 0 Å². The van der Waals surface area contributed by atoms with Crippen LogP contribution >= 0.6 is 0 Å². The molecule has 0 saturated heterocycles. The second kappa shape index (κ2) is 5.85. The number of nitrogens with zero attached hydrogens (tertiary/aromatic N) is 2. The van der Waals surface area contributed by atoms with Crippen molar-refractivity contribution in [3.05, 3.63) is 63.7 Å². The van der Waals surface area contributed by atoms with Crippen LogP contribution in [-0.4, -0.2) is 53.5 Å². The van der Waals surface area contributed by atoms with Crippen LogP contribution < -0.4 is 4.74 Å². The summed E-state index contributed by atoms with van der Waals surface area (Å²) in [6.07, 6.45) is 0. The minimum absolute atomic E-state index is 0.0922. The predicted octanol–water partition coefficient (Wildman–Crippen LogP) is 1.67. The van der Waals surface area contributed by atoms with Gasteiger partial charge >= 0.3 is 5.97 Å². The summed E-state index contributed by atoms with van der Waals surface area (Å²) in [6.45, 7) is 1.59. The van der Waals surface area contributed by atoms with Gasteiger partial charge < -0.3 is 4.74 Å². The molecular formula is C20H14N2O6. The quantitative estimate of drug-likeness (QED) is 0.448. The van der Waals surface area contributed by atoms with E-state index >= 15 is 0 Å². The monoisotopic (exact) mass is 378 g/mol. The average Bonchev–Trinajstić information content (AvgIpc) is 3.04. The van der Waals surface area contributed by atoms with Crippen LogP contribution in [0.1, 0.15) is 57.4 Å². The highest BCUT2D eigenvalue weighted by molar-refractivity contribution is 6.22. The van der Waals surface area contributed by atoms with Gasteiger partial charge in [-0.05, 0) is 37.3 Å². The number of carbonyl (C=O) groups excluding carboxylic acids is 5. The van der Waals surface area contributed by atoms with Crippen LogP contribution in [0.5, 0.6) is 5.75 Å². The molecule has 0 atom stereocenters. The van der Waals surface area contributed by atoms with Gasteiger partial charge in [0.05, 0.1) is 27.8 Å². The maximum Gasteiger partial charge on any atom is 0.343 e. The van der Waals surface area contributed by atoms with Crippen molar-refractivity contribution >= 4 is 29.6 Å². The number of esters is 1. The van der Waals surface area contributed by atoms with E-state index in [9.17, 15) is 24.0 Å². The van der Waals surface area contributed by atoms with Crippen molar-refractivity contribution in [1.82, 2.24) is 9.80 Å². The predicted molar refractivity (Wildman–Crippen MR) is 95.4 cm³/mol. The van der Waals surface area contributed by atoms with Crippen LogP contribution in [0.15, 0.2) is 30.3 Å². The van der Waals surface area contributed by atoms with E-state index in [0.29, 0.717) is 5.56 Å². The zero-order valence-corrected chi connectivity index (χ0v) is 15.2. The third-order valence-corrected chi connectivity index (χ3v) is 5.00. The van der Waals surface area contributed by atoms with E-state index in [1.165, 1.54) is 44.4 Å². The molecule has 0 saturated carbocycles. The fourth-order valence-electron chi connectivity index (χ4n) is 3.34. The average molecular weight is 378 g/mol. The van der Waals surface area contributed by atoms with E-state index in [1.54, 1.807) is 6.92 Å². The van der Waals surface area contributed by atoms with E-state index in [-0.39, 0.29) is 33.6 Å². The van der Waals surface area contributed by atoms with Crippen LogP contribution in [0.25, 0.3) is 0 Å². The number of amides is 4. The topological polar surface area (TPSA) is 101 Å². The Morgan fingerprint density at radius 1 is 0.786 bits per heavy atom. The van der Waals surface area contributed by atoms with Crippen LogP contribution in [0.2, 0.25) is 0 Å². The van der Waals surface area contributed by atoms with Crippen molar-refractivity contribution in [3.63, 3.8) is 0 Å². The molecular weight excluding hydrogens is 364 g/mol. The van der Waals surface area contributed by atoms with E-state index < -0.39 is 29.6 Å². The van der Waals surface area contributed by atoms with Crippen molar-refractivity contribution in [2.45, 2.75) is 6.92 Å². The lowest BCUT2D eigenvalue weighted by molar-refractivity contribution is 0.0677. The molecule has 0 N–H and O–H groups in total. The summed E-state index contributed by atoms with van der Waals surface area (Å²) < 4.78 is 5.39. The third kappa shape index (κ3) is 2.27. The number of hydrogen-bond donors (Lipinski definition) is 0. The van der Waals surface area contributed by atoms with Gasteiger partial charge in [-0.3, -0.25) is 29.0 Å². The van der Waals surface area contributed by atoms with Crippen molar-refractivity contribution in [2.75, 3.05) is 14.1 Å². The molecule has 4 rings (SSSR count). The molecule has 0 radical (unpaired) electrons. The van der Waals surface area contributed by atoms with Crippen molar-refractivity contribution in [1.29, 1.82) is 0 Å². The Morgan fingerprint density at radius 2 is 1.36 bits per heavy atom. The molecule has 0 unspecified atom stereocenters. The first kappa shape index (κ1) is 17.6. The molecule has 140 valence electrons. The highest BCUT2D eigenvalue weighted by Gasteiger charge is 2.36. The number of fused-ring (bicyclic) bond motifs is 2. The lowest BCUT2D eigenvalue weighted by atomic mass is 10.0. The highest BCUT2D eigenvalue weighted by Crippen LogP contribution is 2.31. The number of benzene rings is 2. The second-order valence-corrected chi connectivity index (χ2v) is 6.60. The smallest absolute Gasteiger partial charge is 0.343 e. The summed E-state index contributed by atoms with van der Waals surface area (Å²) in [5, 5.41) is 0. The SMILES string of the molecule is Cc1c(OC(=O)c2ccc3c(c2)C(=O)N(C)C3=O)ccc2c1C(=O)N(C)C2=O. The Balaban J connectivity index is 1.66. The molecule has 8 heteroatoms. The van der Waals surface area contributed by atoms with E-state index in [0.717, 1.165) is 9.80 Å². The first-order valence-electron chi connectivity index (χ1n) is 8.37. The lowest BCUT2D eigenvalue weighted by Crippen LogP contribution is -2.24. The van der Waals surface area contributed by atoms with Gasteiger partial charge in [0.1, 0.15) is 5.75 Å². The fourth-order valence-corrected chi connectivity index (χ4v) is 3.34. The largest absolute Gasteiger partial charge is 0.423 e. The molecule has 2 aromatic carbocycles. The molecule has 4 amide bonds. The lowest BCUT2D eigenvalue weighted by Gasteiger charge is -2.10. The maximum absolute atomic E-state index is 12.6. The Kier molecular flexibility index (Phi) is 3.67. The first-order chi connectivity index (χ1) is 13.2. The molecule has 0 spiro atoms. The zero-order chi connectivity index (χ0) is 20.3. The van der Waals surface area contributed by atoms with Crippen molar-refractivity contribution in [2.24, 2.45) is 0 Å². The molecule has 0 fully saturated rings. The van der Waals surface area contributed by atoms with E-state index in [1.807, 2.05) is 0 Å². The summed E-state index contributed by atoms with van der Waals surface area (Å²) in [4.78, 5) is 62.9. The minimum atomic E-state index is -0.745. The summed E-state index contributed by atoms with van der Waals surface area (Å²) in [7, 11) is 2.75. The van der Waals surface area contributed by atoms with E-state index in [4.69, 9.17) is 4.74 Å². The normalized spacial score (nSPS) is 15.2. The molecule has 0 bridgehead atoms. The van der Waals surface area contributed by atoms with Gasteiger partial charge in [0.25, 0.3) is 23.6 Å². The Morgan fingerprint density at radius 3 is 2.07 bits per heavy atom. The maximum atomic E-state index is 12.6. The van der Waals surface area contributed by atoms with Crippen molar-refractivity contribution < 1.29 is 28.7 Å². The summed E-state index contributed by atoms with van der Waals surface area (Å²) in [6, 6.07) is 7.01. The van der Waals surface area contributed by atoms with E-state index in [2.05, 4.69) is 0 Å². The Labute approximate surface area is 159 Å². The number of imide groups is 2. The molecule has 8 nitrogen and oxygen atoms in total. The third-order valence-electron chi connectivity index (χ3n) is 5.00. The van der Waals surface area contributed by atoms with Crippen LogP contribution in [0.4, 0.5) is 0 Å². The minimum Gasteiger partial charge on any atom is -0.423 e. The highest BCUT2D eigenvalue weighted by atomic mass is 16.5. The summed E-state index contributed by atoms with van der Waals surface area (Å²) in [5.74, 6) is -2.39. The van der Waals surface area contributed by atoms with Crippen molar-refractivity contribution in [3.8, 4) is 5.75 Å². The zero-order valence-electron chi connectivity index (χ0n) is 15.2. The molecule has 2 heterocycles.